The Kier molecular flexibility index (Phi) is 9.97. The van der Waals surface area contributed by atoms with E-state index in [-0.39, 0.29) is 12.6 Å². The Bertz CT molecular complexity index is 177. The van der Waals surface area contributed by atoms with Crippen LogP contribution in [0.3, 0.4) is 0 Å². The van der Waals surface area contributed by atoms with E-state index < -0.39 is 5.60 Å². The molecule has 0 saturated carbocycles. The molecule has 6 nitrogen and oxygen atoms in total. The van der Waals surface area contributed by atoms with Crippen molar-refractivity contribution in [2.45, 2.75) is 32.8 Å². The van der Waals surface area contributed by atoms with Crippen LogP contribution in [0.5, 0.6) is 0 Å². The van der Waals surface area contributed by atoms with E-state index >= 15 is 0 Å². The molecule has 1 amide bonds. The molecule has 4 N–H and O–H groups in total. The number of carbonyl (C=O) groups excluding carboxylic acids is 1. The van der Waals surface area contributed by atoms with Crippen molar-refractivity contribution in [3.63, 3.8) is 0 Å². The quantitative estimate of drug-likeness (QED) is 0.476. The normalized spacial score (nSPS) is 9.60. The molecule has 0 heterocycles. The maximum atomic E-state index is 11.0. The molecular weight excluding hydrogens is 200 g/mol. The first-order chi connectivity index (χ1) is 6.87. The largest absolute Gasteiger partial charge is 0.483 e. The van der Waals surface area contributed by atoms with E-state index in [0.717, 1.165) is 6.42 Å². The van der Waals surface area contributed by atoms with Gasteiger partial charge in [0.25, 0.3) is 6.47 Å². The highest BCUT2D eigenvalue weighted by molar-refractivity contribution is 5.67. The van der Waals surface area contributed by atoms with Crippen molar-refractivity contribution in [1.29, 1.82) is 0 Å². The average molecular weight is 220 g/mol. The number of amides is 1. The van der Waals surface area contributed by atoms with Crippen LogP contribution in [0.2, 0.25) is 0 Å². The van der Waals surface area contributed by atoms with E-state index in [1.54, 1.807) is 0 Å². The van der Waals surface area contributed by atoms with Gasteiger partial charge in [-0.05, 0) is 33.7 Å². The standard InChI is InChI=1S/C8H18N2O2.CH2O2/c1-8(2,3)12-7(11)10-6-4-5-9;2-1-3/h4-6,9H2,1-3H3,(H,10,11);1H,(H,2,3). The number of carbonyl (C=O) groups is 2. The SMILES string of the molecule is CC(C)(C)OC(=O)NCCCN.O=CO. The predicted molar refractivity (Wildman–Crippen MR) is 56.6 cm³/mol. The Balaban J connectivity index is 0. The number of hydrogen-bond donors (Lipinski definition) is 3. The maximum absolute atomic E-state index is 11.0. The molecule has 0 saturated heterocycles. The molecule has 0 aromatic heterocycles. The third-order valence-corrected chi connectivity index (χ3v) is 1.05. The third kappa shape index (κ3) is 19.2. The van der Waals surface area contributed by atoms with Gasteiger partial charge in [-0.15, -0.1) is 0 Å². The fourth-order valence-corrected chi connectivity index (χ4v) is 0.607. The molecule has 0 radical (unpaired) electrons. The van der Waals surface area contributed by atoms with E-state index in [2.05, 4.69) is 5.32 Å². The van der Waals surface area contributed by atoms with E-state index in [1.807, 2.05) is 20.8 Å². The molecule has 0 bridgehead atoms. The first kappa shape index (κ1) is 16.1. The van der Waals surface area contributed by atoms with Crippen molar-refractivity contribution in [1.82, 2.24) is 5.32 Å². The Labute approximate surface area is 89.8 Å². The molecule has 6 heteroatoms. The van der Waals surface area contributed by atoms with Gasteiger partial charge in [0.05, 0.1) is 0 Å². The van der Waals surface area contributed by atoms with Crippen molar-refractivity contribution in [2.75, 3.05) is 13.1 Å². The fraction of sp³-hybridized carbons (Fsp3) is 0.778. The molecule has 0 spiro atoms. The summed E-state index contributed by atoms with van der Waals surface area (Å²) in [5.74, 6) is 0. The zero-order valence-corrected chi connectivity index (χ0v) is 9.45. The number of nitrogens with two attached hydrogens (primary N) is 1. The summed E-state index contributed by atoms with van der Waals surface area (Å²) in [6, 6.07) is 0. The van der Waals surface area contributed by atoms with Gasteiger partial charge >= 0.3 is 6.09 Å². The topological polar surface area (TPSA) is 102 Å². The number of hydrogen-bond acceptors (Lipinski definition) is 4. The number of ether oxygens (including phenoxy) is 1. The maximum Gasteiger partial charge on any atom is 0.407 e. The summed E-state index contributed by atoms with van der Waals surface area (Å²) in [4.78, 5) is 19.3. The monoisotopic (exact) mass is 220 g/mol. The lowest BCUT2D eigenvalue weighted by Gasteiger charge is -2.19. The van der Waals surface area contributed by atoms with Crippen LogP contribution in [0, 0.1) is 0 Å². The van der Waals surface area contributed by atoms with Crippen molar-refractivity contribution in [2.24, 2.45) is 5.73 Å². The molecule has 0 fully saturated rings. The highest BCUT2D eigenvalue weighted by atomic mass is 16.6. The zero-order chi connectivity index (χ0) is 12.3. The van der Waals surface area contributed by atoms with Crippen molar-refractivity contribution in [3.05, 3.63) is 0 Å². The number of alkyl carbamates (subject to hydrolysis) is 1. The first-order valence-electron chi connectivity index (χ1n) is 4.62. The van der Waals surface area contributed by atoms with E-state index in [4.69, 9.17) is 20.4 Å². The van der Waals surface area contributed by atoms with Crippen molar-refractivity contribution < 1.29 is 19.4 Å². The van der Waals surface area contributed by atoms with Gasteiger partial charge in [-0.3, -0.25) is 4.79 Å². The van der Waals surface area contributed by atoms with Crippen molar-refractivity contribution in [3.8, 4) is 0 Å². The summed E-state index contributed by atoms with van der Waals surface area (Å²) in [5.41, 5.74) is 4.83. The average Bonchev–Trinajstić information content (AvgIpc) is 2.02. The molecule has 0 aliphatic rings. The van der Waals surface area contributed by atoms with Crippen LogP contribution in [-0.4, -0.2) is 36.4 Å². The molecule has 0 rings (SSSR count). The number of nitrogens with one attached hydrogen (secondary N) is 1. The predicted octanol–water partition coefficient (Wildman–Crippen LogP) is 0.561. The van der Waals surface area contributed by atoms with Gasteiger partial charge in [0.1, 0.15) is 5.60 Å². The smallest absolute Gasteiger partial charge is 0.407 e. The second-order valence-corrected chi connectivity index (χ2v) is 3.68. The van der Waals surface area contributed by atoms with E-state index in [0.29, 0.717) is 13.1 Å². The van der Waals surface area contributed by atoms with Gasteiger partial charge < -0.3 is 20.9 Å². The lowest BCUT2D eigenvalue weighted by Crippen LogP contribution is -2.33. The highest BCUT2D eigenvalue weighted by Crippen LogP contribution is 2.05. The van der Waals surface area contributed by atoms with Crippen LogP contribution in [0.1, 0.15) is 27.2 Å². The van der Waals surface area contributed by atoms with Crippen molar-refractivity contribution >= 4 is 12.6 Å². The first-order valence-corrected chi connectivity index (χ1v) is 4.62. The van der Waals surface area contributed by atoms with Gasteiger partial charge in [-0.1, -0.05) is 0 Å². The van der Waals surface area contributed by atoms with Crippen LogP contribution in [-0.2, 0) is 9.53 Å². The van der Waals surface area contributed by atoms with Crippen LogP contribution in [0.15, 0.2) is 0 Å². The lowest BCUT2D eigenvalue weighted by atomic mass is 10.2. The Morgan fingerprint density at radius 2 is 2.00 bits per heavy atom. The van der Waals surface area contributed by atoms with Crippen LogP contribution < -0.4 is 11.1 Å². The Morgan fingerprint density at radius 3 is 2.33 bits per heavy atom. The van der Waals surface area contributed by atoms with E-state index in [9.17, 15) is 4.79 Å². The molecule has 0 aliphatic carbocycles. The van der Waals surface area contributed by atoms with Gasteiger partial charge in [0, 0.05) is 6.54 Å². The second-order valence-electron chi connectivity index (χ2n) is 3.68. The van der Waals surface area contributed by atoms with Crippen LogP contribution in [0.25, 0.3) is 0 Å². The third-order valence-electron chi connectivity index (χ3n) is 1.05. The highest BCUT2D eigenvalue weighted by Gasteiger charge is 2.14. The Morgan fingerprint density at radius 1 is 1.53 bits per heavy atom. The molecule has 0 aliphatic heterocycles. The molecule has 0 aromatic carbocycles. The van der Waals surface area contributed by atoms with E-state index in [1.165, 1.54) is 0 Å². The molecule has 0 aromatic rings. The molecule has 0 unspecified atom stereocenters. The summed E-state index contributed by atoms with van der Waals surface area (Å²) in [5, 5.41) is 9.49. The van der Waals surface area contributed by atoms with Gasteiger partial charge in [0.15, 0.2) is 0 Å². The minimum absolute atomic E-state index is 0.250. The number of carboxylic acid groups (broad SMARTS) is 1. The molecule has 0 atom stereocenters. The summed E-state index contributed by atoms with van der Waals surface area (Å²) in [7, 11) is 0. The van der Waals surface area contributed by atoms with Gasteiger partial charge in [-0.2, -0.15) is 0 Å². The van der Waals surface area contributed by atoms with Crippen LogP contribution >= 0.6 is 0 Å². The summed E-state index contributed by atoms with van der Waals surface area (Å²) in [6.07, 6.45) is 0.398. The van der Waals surface area contributed by atoms with Gasteiger partial charge in [-0.25, -0.2) is 4.79 Å². The molecule has 90 valence electrons. The summed E-state index contributed by atoms with van der Waals surface area (Å²) in [6.45, 7) is 6.39. The second kappa shape index (κ2) is 9.26. The summed E-state index contributed by atoms with van der Waals surface area (Å²) >= 11 is 0. The summed E-state index contributed by atoms with van der Waals surface area (Å²) < 4.78 is 4.99. The lowest BCUT2D eigenvalue weighted by molar-refractivity contribution is -0.122. The zero-order valence-electron chi connectivity index (χ0n) is 9.45. The number of rotatable bonds is 3. The van der Waals surface area contributed by atoms with Gasteiger partial charge in [0.2, 0.25) is 0 Å². The fourth-order valence-electron chi connectivity index (χ4n) is 0.607. The molecule has 15 heavy (non-hydrogen) atoms. The minimum atomic E-state index is -0.424. The van der Waals surface area contributed by atoms with Crippen LogP contribution in [0.4, 0.5) is 4.79 Å². The Hall–Kier alpha value is -1.30. The molecular formula is C9H20N2O4. The minimum Gasteiger partial charge on any atom is -0.483 e.